The van der Waals surface area contributed by atoms with E-state index >= 15 is 0 Å². The van der Waals surface area contributed by atoms with Crippen molar-refractivity contribution < 1.29 is 13.5 Å². The van der Waals surface area contributed by atoms with Gasteiger partial charge in [0.15, 0.2) is 9.84 Å². The molecule has 0 radical (unpaired) electrons. The van der Waals surface area contributed by atoms with Crippen molar-refractivity contribution in [3.8, 4) is 0 Å². The highest BCUT2D eigenvalue weighted by molar-refractivity contribution is 7.91. The Bertz CT molecular complexity index is 1310. The fraction of sp³-hybridized carbons (Fsp3) is 0.250. The van der Waals surface area contributed by atoms with E-state index in [1.165, 1.54) is 0 Å². The van der Waals surface area contributed by atoms with E-state index in [-0.39, 0.29) is 16.7 Å². The van der Waals surface area contributed by atoms with Crippen LogP contribution in [-0.2, 0) is 15.4 Å². The van der Waals surface area contributed by atoms with Crippen LogP contribution in [0.2, 0.25) is 0 Å². The predicted molar refractivity (Wildman–Crippen MR) is 148 cm³/mol. The summed E-state index contributed by atoms with van der Waals surface area (Å²) in [6.07, 6.45) is 0.559. The predicted octanol–water partition coefficient (Wildman–Crippen LogP) is 5.59. The van der Waals surface area contributed by atoms with Crippen LogP contribution in [0.15, 0.2) is 120 Å². The third-order valence-corrected chi connectivity index (χ3v) is 9.29. The monoisotopic (exact) mass is 511 g/mol. The lowest BCUT2D eigenvalue weighted by atomic mass is 9.75. The molecule has 0 aromatic heterocycles. The summed E-state index contributed by atoms with van der Waals surface area (Å²) < 4.78 is 26.6. The standard InChI is InChI=1S/C32H33NO3S/c1-25-19-21-29(22-20-25)37(35,36)24-31(34)30-18-11-23-33(30)32(26-12-5-2-6-13-26,27-14-7-3-8-15-27)28-16-9-4-10-17-28/h2-10,12-17,19-22,30-31,34H,11,18,23-24H2,1H3/t30?,31-/m0/s1. The maximum Gasteiger partial charge on any atom is 0.180 e. The van der Waals surface area contributed by atoms with E-state index in [2.05, 4.69) is 41.3 Å². The van der Waals surface area contributed by atoms with Crippen LogP contribution in [0, 0.1) is 6.92 Å². The number of benzene rings is 4. The number of sulfone groups is 1. The normalized spacial score (nSPS) is 17.5. The molecule has 1 unspecified atom stereocenters. The lowest BCUT2D eigenvalue weighted by Crippen LogP contribution is -2.54. The van der Waals surface area contributed by atoms with Crippen molar-refractivity contribution in [1.82, 2.24) is 4.90 Å². The second kappa shape index (κ2) is 10.6. The lowest BCUT2D eigenvalue weighted by Gasteiger charge is -2.47. The molecule has 190 valence electrons. The van der Waals surface area contributed by atoms with Crippen molar-refractivity contribution in [3.05, 3.63) is 138 Å². The second-order valence-corrected chi connectivity index (χ2v) is 11.9. The maximum atomic E-state index is 13.3. The molecule has 4 aromatic rings. The fourth-order valence-corrected chi connectivity index (χ4v) is 7.24. The Labute approximate surface area is 220 Å². The van der Waals surface area contributed by atoms with Gasteiger partial charge in [0.25, 0.3) is 0 Å². The molecular weight excluding hydrogens is 478 g/mol. The first-order valence-corrected chi connectivity index (χ1v) is 14.5. The molecule has 4 aromatic carbocycles. The van der Waals surface area contributed by atoms with Crippen molar-refractivity contribution in [3.63, 3.8) is 0 Å². The number of aliphatic hydroxyl groups is 1. The van der Waals surface area contributed by atoms with E-state index in [0.29, 0.717) is 0 Å². The van der Waals surface area contributed by atoms with E-state index < -0.39 is 21.5 Å². The first-order valence-electron chi connectivity index (χ1n) is 12.8. The zero-order valence-electron chi connectivity index (χ0n) is 21.1. The number of hydrogen-bond donors (Lipinski definition) is 1. The van der Waals surface area contributed by atoms with E-state index in [9.17, 15) is 13.5 Å². The minimum absolute atomic E-state index is 0.252. The molecule has 5 rings (SSSR count). The highest BCUT2D eigenvalue weighted by atomic mass is 32.2. The first-order chi connectivity index (χ1) is 17.9. The highest BCUT2D eigenvalue weighted by Gasteiger charge is 2.49. The molecule has 1 aliphatic heterocycles. The quantitative estimate of drug-likeness (QED) is 0.314. The molecule has 37 heavy (non-hydrogen) atoms. The number of rotatable bonds is 8. The average molecular weight is 512 g/mol. The van der Waals surface area contributed by atoms with Crippen molar-refractivity contribution >= 4 is 9.84 Å². The summed E-state index contributed by atoms with van der Waals surface area (Å²) in [5.74, 6) is -0.314. The summed E-state index contributed by atoms with van der Waals surface area (Å²) in [4.78, 5) is 2.59. The molecule has 2 atom stereocenters. The van der Waals surface area contributed by atoms with Crippen molar-refractivity contribution in [2.75, 3.05) is 12.3 Å². The zero-order chi connectivity index (χ0) is 25.9. The van der Waals surface area contributed by atoms with Gasteiger partial charge in [-0.3, -0.25) is 4.90 Å². The van der Waals surface area contributed by atoms with E-state index in [4.69, 9.17) is 0 Å². The first kappa shape index (κ1) is 25.4. The topological polar surface area (TPSA) is 57.6 Å². The largest absolute Gasteiger partial charge is 0.390 e. The van der Waals surface area contributed by atoms with Crippen LogP contribution in [0.1, 0.15) is 35.1 Å². The molecule has 0 aliphatic carbocycles. The van der Waals surface area contributed by atoms with Gasteiger partial charge in [-0.15, -0.1) is 0 Å². The maximum absolute atomic E-state index is 13.3. The molecule has 0 bridgehead atoms. The Hall–Kier alpha value is -3.25. The van der Waals surface area contributed by atoms with Crippen LogP contribution in [0.3, 0.4) is 0 Å². The van der Waals surface area contributed by atoms with E-state index in [1.54, 1.807) is 24.3 Å². The van der Waals surface area contributed by atoms with Crippen LogP contribution in [-0.4, -0.2) is 42.9 Å². The molecule has 0 saturated carbocycles. The van der Waals surface area contributed by atoms with Crippen LogP contribution in [0.5, 0.6) is 0 Å². The number of nitrogens with zero attached hydrogens (tertiary/aromatic N) is 1. The molecule has 1 heterocycles. The third kappa shape index (κ3) is 4.87. The van der Waals surface area contributed by atoms with Gasteiger partial charge in [-0.25, -0.2) is 8.42 Å². The summed E-state index contributed by atoms with van der Waals surface area (Å²) in [6.45, 7) is 2.67. The van der Waals surface area contributed by atoms with Gasteiger partial charge >= 0.3 is 0 Å². The van der Waals surface area contributed by atoms with Crippen molar-refractivity contribution in [1.29, 1.82) is 0 Å². The third-order valence-electron chi connectivity index (χ3n) is 7.52. The average Bonchev–Trinajstić information content (AvgIpc) is 3.42. The van der Waals surface area contributed by atoms with Gasteiger partial charge in [0, 0.05) is 12.6 Å². The van der Waals surface area contributed by atoms with Gasteiger partial charge in [-0.2, -0.15) is 0 Å². The summed E-state index contributed by atoms with van der Waals surface area (Å²) in [6, 6.07) is 37.6. The van der Waals surface area contributed by atoms with Gasteiger partial charge in [0.1, 0.15) is 0 Å². The Kier molecular flexibility index (Phi) is 7.29. The van der Waals surface area contributed by atoms with Crippen LogP contribution in [0.4, 0.5) is 0 Å². The van der Waals surface area contributed by atoms with Gasteiger partial charge in [0.2, 0.25) is 0 Å². The van der Waals surface area contributed by atoms with Gasteiger partial charge in [0.05, 0.1) is 22.3 Å². The zero-order valence-corrected chi connectivity index (χ0v) is 21.9. The summed E-state index contributed by atoms with van der Waals surface area (Å²) in [5.41, 5.74) is 3.59. The Morgan fingerprint density at radius 3 is 1.70 bits per heavy atom. The smallest absolute Gasteiger partial charge is 0.180 e. The second-order valence-electron chi connectivity index (χ2n) is 9.87. The van der Waals surface area contributed by atoms with Crippen LogP contribution in [0.25, 0.3) is 0 Å². The molecule has 1 fully saturated rings. The summed E-state index contributed by atoms with van der Waals surface area (Å²) in [5, 5.41) is 11.6. The fourth-order valence-electron chi connectivity index (χ4n) is 5.82. The lowest BCUT2D eigenvalue weighted by molar-refractivity contribution is 0.0451. The summed E-state index contributed by atoms with van der Waals surface area (Å²) >= 11 is 0. The molecule has 1 saturated heterocycles. The summed E-state index contributed by atoms with van der Waals surface area (Å²) in [7, 11) is -3.65. The van der Waals surface area contributed by atoms with Gasteiger partial charge < -0.3 is 5.11 Å². The Morgan fingerprint density at radius 1 is 0.784 bits per heavy atom. The Balaban J connectivity index is 1.62. The Morgan fingerprint density at radius 2 is 1.24 bits per heavy atom. The molecule has 1 aliphatic rings. The molecule has 4 nitrogen and oxygen atoms in total. The number of aliphatic hydroxyl groups excluding tert-OH is 1. The van der Waals surface area contributed by atoms with Gasteiger partial charge in [-0.05, 0) is 48.6 Å². The van der Waals surface area contributed by atoms with Crippen LogP contribution >= 0.6 is 0 Å². The molecular formula is C32H33NO3S. The van der Waals surface area contributed by atoms with Crippen LogP contribution < -0.4 is 0 Å². The minimum atomic E-state index is -3.65. The van der Waals surface area contributed by atoms with E-state index in [1.807, 2.05) is 61.5 Å². The highest BCUT2D eigenvalue weighted by Crippen LogP contribution is 2.46. The molecule has 5 heteroatoms. The minimum Gasteiger partial charge on any atom is -0.390 e. The van der Waals surface area contributed by atoms with Crippen molar-refractivity contribution in [2.24, 2.45) is 0 Å². The van der Waals surface area contributed by atoms with Gasteiger partial charge in [-0.1, -0.05) is 109 Å². The molecule has 1 N–H and O–H groups in total. The van der Waals surface area contributed by atoms with Crippen molar-refractivity contribution in [2.45, 2.75) is 42.3 Å². The number of hydrogen-bond acceptors (Lipinski definition) is 4. The number of aryl methyl sites for hydroxylation is 1. The molecule has 0 amide bonds. The SMILES string of the molecule is Cc1ccc(S(=O)(=O)C[C@H](O)C2CCCN2C(c2ccccc2)(c2ccccc2)c2ccccc2)cc1. The van der Waals surface area contributed by atoms with E-state index in [0.717, 1.165) is 41.6 Å². The number of likely N-dealkylation sites (tertiary alicyclic amines) is 1. The molecule has 0 spiro atoms.